The number of anilines is 3. The number of para-hydroxylation sites is 1. The number of nitrogens with zero attached hydrogens (tertiary/aromatic N) is 2. The summed E-state index contributed by atoms with van der Waals surface area (Å²) in [5, 5.41) is 20.0. The number of aromatic amines is 1. The highest BCUT2D eigenvalue weighted by Gasteiger charge is 2.25. The van der Waals surface area contributed by atoms with Crippen molar-refractivity contribution < 1.29 is 14.6 Å². The molecule has 1 saturated heterocycles. The number of ether oxygens (including phenoxy) is 1. The molecule has 1 saturated carbocycles. The van der Waals surface area contributed by atoms with Crippen molar-refractivity contribution in [3.63, 3.8) is 0 Å². The van der Waals surface area contributed by atoms with E-state index < -0.39 is 11.1 Å². The number of morpholine rings is 1. The van der Waals surface area contributed by atoms with Gasteiger partial charge in [0.2, 0.25) is 0 Å². The van der Waals surface area contributed by atoms with Crippen LogP contribution in [0.15, 0.2) is 58.1 Å². The number of hydrogen-bond donors (Lipinski definition) is 4. The predicted molar refractivity (Wildman–Crippen MR) is 145 cm³/mol. The molecule has 1 aliphatic carbocycles. The fraction of sp³-hybridized carbons (Fsp3) is 0.393. The van der Waals surface area contributed by atoms with Gasteiger partial charge in [0.05, 0.1) is 30.5 Å². The summed E-state index contributed by atoms with van der Waals surface area (Å²) in [6, 6.07) is 14.2. The van der Waals surface area contributed by atoms with E-state index in [1.165, 1.54) is 4.68 Å². The number of aromatic hydroxyl groups is 1. The first kappa shape index (κ1) is 25.6. The molecule has 1 aromatic heterocycles. The highest BCUT2D eigenvalue weighted by Crippen LogP contribution is 2.33. The van der Waals surface area contributed by atoms with Gasteiger partial charge in [0, 0.05) is 19.6 Å². The molecule has 0 atom stereocenters. The SMILES string of the molecule is O=C(c1cccc(Nc2c(NCc3ccccc3)c(=O)[nH]n(C3CCCCC3)c2=O)c1O)N1CCOCC1. The van der Waals surface area contributed by atoms with Crippen molar-refractivity contribution >= 4 is 23.0 Å². The zero-order valence-corrected chi connectivity index (χ0v) is 21.2. The molecule has 2 fully saturated rings. The molecule has 1 amide bonds. The Kier molecular flexibility index (Phi) is 7.78. The Hall–Kier alpha value is -4.05. The van der Waals surface area contributed by atoms with Gasteiger partial charge in [-0.15, -0.1) is 0 Å². The maximum Gasteiger partial charge on any atom is 0.291 e. The van der Waals surface area contributed by atoms with E-state index in [1.807, 2.05) is 30.3 Å². The molecular weight excluding hydrogens is 486 g/mol. The van der Waals surface area contributed by atoms with E-state index in [0.29, 0.717) is 32.8 Å². The minimum Gasteiger partial charge on any atom is -0.505 e. The second kappa shape index (κ2) is 11.6. The van der Waals surface area contributed by atoms with Crippen LogP contribution < -0.4 is 21.8 Å². The quantitative estimate of drug-likeness (QED) is 0.351. The fourth-order valence-electron chi connectivity index (χ4n) is 5.11. The second-order valence-electron chi connectivity index (χ2n) is 9.73. The van der Waals surface area contributed by atoms with E-state index in [-0.39, 0.29) is 40.3 Å². The first-order chi connectivity index (χ1) is 18.5. The Balaban J connectivity index is 1.52. The molecular formula is C28H33N5O5. The van der Waals surface area contributed by atoms with E-state index in [0.717, 1.165) is 37.7 Å². The average molecular weight is 520 g/mol. The van der Waals surface area contributed by atoms with Gasteiger partial charge in [0.15, 0.2) is 5.75 Å². The summed E-state index contributed by atoms with van der Waals surface area (Å²) >= 11 is 0. The third-order valence-corrected chi connectivity index (χ3v) is 7.21. The van der Waals surface area contributed by atoms with Crippen LogP contribution in [-0.4, -0.2) is 52.0 Å². The zero-order valence-electron chi connectivity index (χ0n) is 21.2. The molecule has 2 aromatic carbocycles. The number of nitrogens with one attached hydrogen (secondary N) is 3. The highest BCUT2D eigenvalue weighted by atomic mass is 16.5. The number of carbonyl (C=O) groups is 1. The standard InChI is InChI=1S/C28H33N5O5/c34-25-21(27(36)32-14-16-38-17-15-32)12-7-13-22(25)30-24-23(29-18-19-8-3-1-4-9-19)26(35)31-33(28(24)37)20-10-5-2-6-11-20/h1,3-4,7-9,12-13,20,29-30,34H,2,5-6,10-11,14-18H2,(H,31,35). The molecule has 38 heavy (non-hydrogen) atoms. The third kappa shape index (κ3) is 5.45. The van der Waals surface area contributed by atoms with Gasteiger partial charge >= 0.3 is 0 Å². The molecule has 4 N–H and O–H groups in total. The maximum absolute atomic E-state index is 13.8. The minimum absolute atomic E-state index is 0.0292. The Labute approximate surface area is 220 Å². The van der Waals surface area contributed by atoms with Crippen molar-refractivity contribution in [1.82, 2.24) is 14.7 Å². The van der Waals surface area contributed by atoms with Crippen LogP contribution in [0.3, 0.4) is 0 Å². The van der Waals surface area contributed by atoms with E-state index in [4.69, 9.17) is 4.74 Å². The molecule has 2 heterocycles. The third-order valence-electron chi connectivity index (χ3n) is 7.21. The number of aromatic nitrogens is 2. The Morgan fingerprint density at radius 1 is 0.974 bits per heavy atom. The number of phenolic OH excluding ortho intramolecular Hbond substituents is 1. The topological polar surface area (TPSA) is 129 Å². The Morgan fingerprint density at radius 2 is 1.71 bits per heavy atom. The van der Waals surface area contributed by atoms with Gasteiger partial charge in [-0.1, -0.05) is 55.7 Å². The van der Waals surface area contributed by atoms with E-state index >= 15 is 0 Å². The summed E-state index contributed by atoms with van der Waals surface area (Å²) in [5.41, 5.74) is 0.509. The van der Waals surface area contributed by atoms with Gasteiger partial charge in [-0.3, -0.25) is 19.5 Å². The summed E-state index contributed by atoms with van der Waals surface area (Å²) < 4.78 is 6.74. The number of H-pyrrole nitrogens is 1. The summed E-state index contributed by atoms with van der Waals surface area (Å²) in [6.07, 6.45) is 4.70. The molecule has 2 aliphatic rings. The molecule has 200 valence electrons. The van der Waals surface area contributed by atoms with Crippen molar-refractivity contribution in [3.8, 4) is 5.75 Å². The van der Waals surface area contributed by atoms with Crippen LogP contribution in [0.2, 0.25) is 0 Å². The predicted octanol–water partition coefficient (Wildman–Crippen LogP) is 3.58. The van der Waals surface area contributed by atoms with Crippen LogP contribution in [0.25, 0.3) is 0 Å². The number of rotatable bonds is 7. The lowest BCUT2D eigenvalue weighted by molar-refractivity contribution is 0.0301. The lowest BCUT2D eigenvalue weighted by Crippen LogP contribution is -2.40. The molecule has 5 rings (SSSR count). The van der Waals surface area contributed by atoms with Gasteiger partial charge in [-0.25, -0.2) is 4.68 Å². The minimum atomic E-state index is -0.436. The molecule has 0 radical (unpaired) electrons. The lowest BCUT2D eigenvalue weighted by Gasteiger charge is -2.27. The van der Waals surface area contributed by atoms with Gasteiger partial charge in [0.1, 0.15) is 11.4 Å². The van der Waals surface area contributed by atoms with Crippen molar-refractivity contribution in [2.24, 2.45) is 0 Å². The van der Waals surface area contributed by atoms with Crippen molar-refractivity contribution in [1.29, 1.82) is 0 Å². The van der Waals surface area contributed by atoms with Crippen LogP contribution in [0.5, 0.6) is 5.75 Å². The number of phenols is 1. The van der Waals surface area contributed by atoms with Crippen LogP contribution in [0, 0.1) is 0 Å². The van der Waals surface area contributed by atoms with Gasteiger partial charge in [-0.2, -0.15) is 0 Å². The number of hydrogen-bond acceptors (Lipinski definition) is 7. The Bertz CT molecular complexity index is 1390. The number of amides is 1. The maximum atomic E-state index is 13.8. The van der Waals surface area contributed by atoms with E-state index in [1.54, 1.807) is 23.1 Å². The van der Waals surface area contributed by atoms with Crippen molar-refractivity contribution in [2.45, 2.75) is 44.7 Å². The van der Waals surface area contributed by atoms with Crippen LogP contribution >= 0.6 is 0 Å². The summed E-state index contributed by atoms with van der Waals surface area (Å²) in [6.45, 7) is 2.07. The first-order valence-electron chi connectivity index (χ1n) is 13.2. The molecule has 0 bridgehead atoms. The monoisotopic (exact) mass is 519 g/mol. The summed E-state index contributed by atoms with van der Waals surface area (Å²) in [5.74, 6) is -0.593. The molecule has 0 unspecified atom stereocenters. The summed E-state index contributed by atoms with van der Waals surface area (Å²) in [7, 11) is 0. The fourth-order valence-corrected chi connectivity index (χ4v) is 5.11. The number of carbonyl (C=O) groups excluding carboxylic acids is 1. The Morgan fingerprint density at radius 3 is 2.45 bits per heavy atom. The van der Waals surface area contributed by atoms with Crippen LogP contribution in [0.1, 0.15) is 54.1 Å². The van der Waals surface area contributed by atoms with Gasteiger partial charge in [0.25, 0.3) is 17.0 Å². The zero-order chi connectivity index (χ0) is 26.5. The molecule has 1 aliphatic heterocycles. The van der Waals surface area contributed by atoms with Gasteiger partial charge in [-0.05, 0) is 30.5 Å². The van der Waals surface area contributed by atoms with Gasteiger partial charge < -0.3 is 25.4 Å². The normalized spacial score (nSPS) is 16.3. The van der Waals surface area contributed by atoms with Crippen LogP contribution in [0.4, 0.5) is 17.1 Å². The van der Waals surface area contributed by atoms with Crippen LogP contribution in [-0.2, 0) is 11.3 Å². The summed E-state index contributed by atoms with van der Waals surface area (Å²) in [4.78, 5) is 41.7. The molecule has 10 heteroatoms. The second-order valence-corrected chi connectivity index (χ2v) is 9.73. The number of benzene rings is 2. The largest absolute Gasteiger partial charge is 0.505 e. The first-order valence-corrected chi connectivity index (χ1v) is 13.2. The van der Waals surface area contributed by atoms with Crippen molar-refractivity contribution in [3.05, 3.63) is 80.4 Å². The molecule has 3 aromatic rings. The average Bonchev–Trinajstić information content (AvgIpc) is 2.96. The molecule has 0 spiro atoms. The van der Waals surface area contributed by atoms with Crippen molar-refractivity contribution in [2.75, 3.05) is 36.9 Å². The van der Waals surface area contributed by atoms with E-state index in [9.17, 15) is 19.5 Å². The smallest absolute Gasteiger partial charge is 0.291 e. The van der Waals surface area contributed by atoms with E-state index in [2.05, 4.69) is 15.7 Å². The highest BCUT2D eigenvalue weighted by molar-refractivity contribution is 5.99. The lowest BCUT2D eigenvalue weighted by atomic mass is 9.95. The molecule has 10 nitrogen and oxygen atoms in total.